The monoisotopic (exact) mass is 305 g/mol. The number of amides is 2. The lowest BCUT2D eigenvalue weighted by atomic mass is 9.94. The largest absolute Gasteiger partial charge is 0.394 e. The SMILES string of the molecule is [2H]CC(=O)N[C@@H]1[C@@H](O)[C@@H](O)[C@@H](CO)OC1(O)NC(=O)C(=C)C. The number of ether oxygens (including phenoxy) is 1. The van der Waals surface area contributed by atoms with Gasteiger partial charge in [0.1, 0.15) is 24.4 Å². The van der Waals surface area contributed by atoms with Gasteiger partial charge in [-0.15, -0.1) is 0 Å². The van der Waals surface area contributed by atoms with Crippen molar-refractivity contribution in [2.24, 2.45) is 0 Å². The summed E-state index contributed by atoms with van der Waals surface area (Å²) in [6, 6.07) is -1.65. The van der Waals surface area contributed by atoms with Crippen LogP contribution >= 0.6 is 0 Å². The third-order valence-electron chi connectivity index (χ3n) is 3.00. The van der Waals surface area contributed by atoms with Gasteiger partial charge in [0.2, 0.25) is 11.8 Å². The second kappa shape index (κ2) is 6.50. The highest BCUT2D eigenvalue weighted by Gasteiger charge is 2.54. The Labute approximate surface area is 122 Å². The number of nitrogens with one attached hydrogen (secondary N) is 2. The van der Waals surface area contributed by atoms with E-state index in [-0.39, 0.29) is 5.57 Å². The Bertz CT molecular complexity index is 461. The lowest BCUT2D eigenvalue weighted by Crippen LogP contribution is -2.75. The second-order valence-corrected chi connectivity index (χ2v) is 4.80. The van der Waals surface area contributed by atoms with Gasteiger partial charge < -0.3 is 30.5 Å². The van der Waals surface area contributed by atoms with Crippen LogP contribution in [0.2, 0.25) is 0 Å². The normalized spacial score (nSPS) is 36.5. The Balaban J connectivity index is 3.10. The molecule has 0 radical (unpaired) electrons. The minimum absolute atomic E-state index is 0.0174. The van der Waals surface area contributed by atoms with Gasteiger partial charge >= 0.3 is 0 Å². The molecule has 1 unspecified atom stereocenters. The van der Waals surface area contributed by atoms with Crippen molar-refractivity contribution in [2.75, 3.05) is 6.61 Å². The summed E-state index contributed by atoms with van der Waals surface area (Å²) in [6.07, 6.45) is -4.77. The van der Waals surface area contributed by atoms with Gasteiger partial charge in [-0.1, -0.05) is 6.58 Å². The van der Waals surface area contributed by atoms with E-state index < -0.39 is 55.6 Å². The minimum Gasteiger partial charge on any atom is -0.394 e. The molecule has 1 saturated heterocycles. The third-order valence-corrected chi connectivity index (χ3v) is 3.00. The summed E-state index contributed by atoms with van der Waals surface area (Å²) >= 11 is 0. The highest BCUT2D eigenvalue weighted by Crippen LogP contribution is 2.26. The van der Waals surface area contributed by atoms with Gasteiger partial charge in [-0.3, -0.25) is 14.9 Å². The zero-order valence-electron chi connectivity index (χ0n) is 12.4. The van der Waals surface area contributed by atoms with Crippen molar-refractivity contribution in [3.05, 3.63) is 12.2 Å². The number of aliphatic hydroxyl groups is 4. The van der Waals surface area contributed by atoms with Crippen LogP contribution in [0, 0.1) is 0 Å². The molecule has 6 N–H and O–H groups in total. The molecule has 0 bridgehead atoms. The van der Waals surface area contributed by atoms with Crippen molar-refractivity contribution < 1.29 is 36.1 Å². The van der Waals surface area contributed by atoms with Crippen LogP contribution in [-0.4, -0.2) is 69.1 Å². The standard InChI is InChI=1S/C12H20N2O7/c1-5(2)11(19)14-12(20)10(13-6(3)16)9(18)8(17)7(4-15)21-12/h7-10,15,17-18,20H,1,4H2,2-3H3,(H,13,16)(H,14,19)/t7-,8+,9+,10-,12?/m1/s1/i3D. The molecule has 5 atom stereocenters. The quantitative estimate of drug-likeness (QED) is 0.239. The molecule has 120 valence electrons. The van der Waals surface area contributed by atoms with Crippen molar-refractivity contribution in [1.29, 1.82) is 0 Å². The van der Waals surface area contributed by atoms with E-state index in [1.807, 2.05) is 5.32 Å². The number of carbonyl (C=O) groups is 2. The van der Waals surface area contributed by atoms with Crippen LogP contribution in [0.25, 0.3) is 0 Å². The van der Waals surface area contributed by atoms with Crippen molar-refractivity contribution in [1.82, 2.24) is 10.6 Å². The van der Waals surface area contributed by atoms with Crippen LogP contribution in [0.5, 0.6) is 0 Å². The number of rotatable bonds is 4. The van der Waals surface area contributed by atoms with Gasteiger partial charge in [0.05, 0.1) is 6.61 Å². The maximum absolute atomic E-state index is 11.7. The van der Waals surface area contributed by atoms with Crippen molar-refractivity contribution >= 4 is 11.8 Å². The van der Waals surface area contributed by atoms with E-state index in [2.05, 4.69) is 11.9 Å². The number of hydrogen-bond donors (Lipinski definition) is 6. The molecule has 1 aliphatic heterocycles. The molecule has 0 saturated carbocycles. The van der Waals surface area contributed by atoms with Crippen molar-refractivity contribution in [2.45, 2.75) is 44.1 Å². The summed E-state index contributed by atoms with van der Waals surface area (Å²) < 4.78 is 12.0. The lowest BCUT2D eigenvalue weighted by Gasteiger charge is -2.47. The summed E-state index contributed by atoms with van der Waals surface area (Å²) in [7, 11) is 0. The zero-order chi connectivity index (χ0) is 17.1. The molecule has 0 aromatic heterocycles. The van der Waals surface area contributed by atoms with E-state index in [0.717, 1.165) is 0 Å². The summed E-state index contributed by atoms with van der Waals surface area (Å²) in [4.78, 5) is 23.0. The van der Waals surface area contributed by atoms with Gasteiger partial charge in [0, 0.05) is 13.8 Å². The first kappa shape index (κ1) is 15.9. The highest BCUT2D eigenvalue weighted by atomic mass is 16.7. The molecule has 0 aromatic rings. The van der Waals surface area contributed by atoms with Crippen LogP contribution in [0.15, 0.2) is 12.2 Å². The van der Waals surface area contributed by atoms with Crippen LogP contribution in [-0.2, 0) is 14.3 Å². The smallest absolute Gasteiger partial charge is 0.273 e. The Kier molecular flexibility index (Phi) is 4.91. The maximum Gasteiger partial charge on any atom is 0.273 e. The average Bonchev–Trinajstić information content (AvgIpc) is 2.47. The first-order valence-corrected chi connectivity index (χ1v) is 6.10. The third kappa shape index (κ3) is 3.77. The van der Waals surface area contributed by atoms with E-state index in [1.54, 1.807) is 0 Å². The Morgan fingerprint density at radius 1 is 1.43 bits per heavy atom. The Hall–Kier alpha value is -1.52. The molecule has 2 amide bonds. The molecular weight excluding hydrogens is 284 g/mol. The van der Waals surface area contributed by atoms with Crippen molar-refractivity contribution in [3.63, 3.8) is 0 Å². The molecular formula is C12H20N2O7. The summed E-state index contributed by atoms with van der Waals surface area (Å²) in [5.74, 6) is -4.29. The predicted molar refractivity (Wildman–Crippen MR) is 69.5 cm³/mol. The topological polar surface area (TPSA) is 148 Å². The summed E-state index contributed by atoms with van der Waals surface area (Å²) in [6.45, 7) is 3.28. The second-order valence-electron chi connectivity index (χ2n) is 4.80. The van der Waals surface area contributed by atoms with E-state index in [9.17, 15) is 24.9 Å². The summed E-state index contributed by atoms with van der Waals surface area (Å²) in [5.41, 5.74) is 0.0174. The van der Waals surface area contributed by atoms with Crippen molar-refractivity contribution in [3.8, 4) is 0 Å². The predicted octanol–water partition coefficient (Wildman–Crippen LogP) is -3.06. The molecule has 1 aliphatic rings. The Morgan fingerprint density at radius 2 is 2.05 bits per heavy atom. The first-order valence-electron chi connectivity index (χ1n) is 6.80. The molecule has 21 heavy (non-hydrogen) atoms. The number of aliphatic hydroxyl groups excluding tert-OH is 3. The fraction of sp³-hybridized carbons (Fsp3) is 0.667. The van der Waals surface area contributed by atoms with E-state index in [0.29, 0.717) is 0 Å². The average molecular weight is 305 g/mol. The molecule has 1 rings (SSSR count). The van der Waals surface area contributed by atoms with Gasteiger partial charge in [-0.25, -0.2) is 0 Å². The van der Waals surface area contributed by atoms with E-state index >= 15 is 0 Å². The van der Waals surface area contributed by atoms with Crippen LogP contribution in [0.1, 0.15) is 15.2 Å². The van der Waals surface area contributed by atoms with E-state index in [1.165, 1.54) is 6.92 Å². The Morgan fingerprint density at radius 3 is 2.52 bits per heavy atom. The van der Waals surface area contributed by atoms with Gasteiger partial charge in [-0.05, 0) is 6.92 Å². The molecule has 1 fully saturated rings. The lowest BCUT2D eigenvalue weighted by molar-refractivity contribution is -0.327. The fourth-order valence-electron chi connectivity index (χ4n) is 1.90. The van der Waals surface area contributed by atoms with Gasteiger partial charge in [0.15, 0.2) is 0 Å². The molecule has 9 nitrogen and oxygen atoms in total. The van der Waals surface area contributed by atoms with Crippen LogP contribution < -0.4 is 10.6 Å². The van der Waals surface area contributed by atoms with Crippen LogP contribution in [0.4, 0.5) is 0 Å². The number of hydrogen-bond acceptors (Lipinski definition) is 7. The number of carbonyl (C=O) groups excluding carboxylic acids is 2. The van der Waals surface area contributed by atoms with Gasteiger partial charge in [0.25, 0.3) is 5.91 Å². The minimum atomic E-state index is -2.59. The maximum atomic E-state index is 11.7. The molecule has 1 heterocycles. The van der Waals surface area contributed by atoms with Crippen LogP contribution in [0.3, 0.4) is 0 Å². The zero-order valence-corrected chi connectivity index (χ0v) is 11.4. The summed E-state index contributed by atoms with van der Waals surface area (Å²) in [5, 5.41) is 43.5. The molecule has 9 heteroatoms. The first-order chi connectivity index (χ1) is 10.2. The highest BCUT2D eigenvalue weighted by molar-refractivity contribution is 5.92. The fourth-order valence-corrected chi connectivity index (χ4v) is 1.90. The van der Waals surface area contributed by atoms with Gasteiger partial charge in [-0.2, -0.15) is 0 Å². The molecule has 0 aliphatic carbocycles. The molecule has 0 aromatic carbocycles. The van der Waals surface area contributed by atoms with E-state index in [4.69, 9.17) is 11.2 Å². The molecule has 0 spiro atoms.